The van der Waals surface area contributed by atoms with Crippen molar-refractivity contribution in [3.8, 4) is 6.07 Å². The predicted octanol–water partition coefficient (Wildman–Crippen LogP) is 2.64. The number of aromatic nitrogens is 1. The van der Waals surface area contributed by atoms with E-state index >= 15 is 0 Å². The Balaban J connectivity index is 2.00. The van der Waals surface area contributed by atoms with Crippen LogP contribution in [0.1, 0.15) is 15.9 Å². The fourth-order valence-corrected chi connectivity index (χ4v) is 3.85. The topological polar surface area (TPSA) is 66.1 Å². The quantitative estimate of drug-likeness (QED) is 0.592. The van der Waals surface area contributed by atoms with E-state index < -0.39 is 0 Å². The lowest BCUT2D eigenvalue weighted by Gasteiger charge is -2.11. The average Bonchev–Trinajstić information content (AvgIpc) is 2.98. The number of nitrogens with zero attached hydrogens (tertiary/aromatic N) is 3. The molecule has 5 nitrogen and oxygen atoms in total. The third-order valence-corrected chi connectivity index (χ3v) is 5.61. The molecule has 146 valence electrons. The summed E-state index contributed by atoms with van der Waals surface area (Å²) in [5.41, 5.74) is 2.09. The van der Waals surface area contributed by atoms with E-state index in [0.717, 1.165) is 11.3 Å². The molecule has 2 aromatic carbocycles. The van der Waals surface area contributed by atoms with E-state index in [1.807, 2.05) is 49.3 Å². The number of benzene rings is 2. The second kappa shape index (κ2) is 8.91. The summed E-state index contributed by atoms with van der Waals surface area (Å²) in [6, 6.07) is 16.2. The Morgan fingerprint density at radius 1 is 1.17 bits per heavy atom. The molecule has 0 aliphatic rings. The molecular formula is C22H18ClN3O2S. The third-order valence-electron chi connectivity index (χ3n) is 4.30. The van der Waals surface area contributed by atoms with Crippen LogP contribution in [0.5, 0.6) is 0 Å². The van der Waals surface area contributed by atoms with Gasteiger partial charge in [-0.3, -0.25) is 14.2 Å². The molecular weight excluding hydrogens is 406 g/mol. The van der Waals surface area contributed by atoms with Gasteiger partial charge in [-0.1, -0.05) is 23.7 Å². The lowest BCUT2D eigenvalue weighted by Crippen LogP contribution is -2.34. The van der Waals surface area contributed by atoms with Gasteiger partial charge in [0.25, 0.3) is 5.56 Å². The minimum atomic E-state index is -0.296. The summed E-state index contributed by atoms with van der Waals surface area (Å²) in [7, 11) is 3.91. The Hall–Kier alpha value is -3.14. The minimum Gasteiger partial charge on any atom is -0.378 e. The number of rotatable bonds is 5. The maximum atomic E-state index is 12.9. The number of hydrogen-bond acceptors (Lipinski definition) is 5. The van der Waals surface area contributed by atoms with E-state index in [1.165, 1.54) is 22.0 Å². The first kappa shape index (κ1) is 20.6. The van der Waals surface area contributed by atoms with Crippen LogP contribution in [0, 0.1) is 11.3 Å². The zero-order valence-electron chi connectivity index (χ0n) is 15.9. The molecule has 0 unspecified atom stereocenters. The lowest BCUT2D eigenvalue weighted by atomic mass is 10.1. The van der Waals surface area contributed by atoms with Gasteiger partial charge >= 0.3 is 0 Å². The second-order valence-corrected chi connectivity index (χ2v) is 8.03. The van der Waals surface area contributed by atoms with Crippen molar-refractivity contribution >= 4 is 46.6 Å². The number of Topliss-reactive ketones (excluding diaryl/α,β-unsaturated/α-hetero) is 1. The van der Waals surface area contributed by atoms with Crippen molar-refractivity contribution in [3.05, 3.63) is 84.2 Å². The molecule has 0 bridgehead atoms. The van der Waals surface area contributed by atoms with Crippen molar-refractivity contribution in [3.63, 3.8) is 0 Å². The fourth-order valence-electron chi connectivity index (χ4n) is 2.74. The SMILES string of the molecule is CN(C)c1ccc(C=c2sc(=CC#N)n(CC(=O)c3ccc(Cl)cc3)c2=O)cc1. The van der Waals surface area contributed by atoms with E-state index in [9.17, 15) is 9.59 Å². The van der Waals surface area contributed by atoms with Gasteiger partial charge in [-0.05, 0) is 48.0 Å². The van der Waals surface area contributed by atoms with Gasteiger partial charge in [0.2, 0.25) is 0 Å². The van der Waals surface area contributed by atoms with E-state index in [0.29, 0.717) is 19.8 Å². The highest BCUT2D eigenvalue weighted by Gasteiger charge is 2.12. The van der Waals surface area contributed by atoms with E-state index in [2.05, 4.69) is 0 Å². The number of hydrogen-bond donors (Lipinski definition) is 0. The number of ketones is 1. The van der Waals surface area contributed by atoms with Crippen molar-refractivity contribution in [2.75, 3.05) is 19.0 Å². The number of anilines is 1. The van der Waals surface area contributed by atoms with Crippen LogP contribution in [0.3, 0.4) is 0 Å². The van der Waals surface area contributed by atoms with Crippen LogP contribution < -0.4 is 19.7 Å². The Bertz CT molecular complexity index is 1250. The molecule has 1 aromatic heterocycles. The van der Waals surface area contributed by atoms with Crippen LogP contribution in [-0.2, 0) is 6.54 Å². The molecule has 0 amide bonds. The van der Waals surface area contributed by atoms with Gasteiger partial charge < -0.3 is 4.90 Å². The van der Waals surface area contributed by atoms with Crippen molar-refractivity contribution in [2.24, 2.45) is 0 Å². The van der Waals surface area contributed by atoms with Crippen molar-refractivity contribution in [1.82, 2.24) is 4.57 Å². The molecule has 0 aliphatic heterocycles. The summed E-state index contributed by atoms with van der Waals surface area (Å²) in [6.07, 6.45) is 3.05. The first-order valence-electron chi connectivity index (χ1n) is 8.76. The average molecular weight is 424 g/mol. The standard InChI is InChI=1S/C22H18ClN3O2S/c1-25(2)18-9-3-15(4-10-18)13-20-22(28)26(21(29-20)11-12-24)14-19(27)16-5-7-17(23)8-6-16/h3-11,13H,14H2,1-2H3. The van der Waals surface area contributed by atoms with Crippen LogP contribution in [0.25, 0.3) is 12.2 Å². The van der Waals surface area contributed by atoms with Gasteiger partial charge in [-0.15, -0.1) is 11.3 Å². The summed E-state index contributed by atoms with van der Waals surface area (Å²) in [5.74, 6) is -0.226. The molecule has 0 spiro atoms. The Labute approximate surface area is 177 Å². The highest BCUT2D eigenvalue weighted by molar-refractivity contribution is 7.07. The van der Waals surface area contributed by atoms with Gasteiger partial charge in [0.1, 0.15) is 4.66 Å². The van der Waals surface area contributed by atoms with E-state index in [4.69, 9.17) is 16.9 Å². The van der Waals surface area contributed by atoms with Crippen molar-refractivity contribution < 1.29 is 4.79 Å². The molecule has 3 aromatic rings. The summed E-state index contributed by atoms with van der Waals surface area (Å²) in [6.45, 7) is -0.141. The lowest BCUT2D eigenvalue weighted by molar-refractivity contribution is 0.0970. The Kier molecular flexibility index (Phi) is 6.32. The van der Waals surface area contributed by atoms with Crippen LogP contribution in [-0.4, -0.2) is 24.4 Å². The first-order valence-corrected chi connectivity index (χ1v) is 9.96. The van der Waals surface area contributed by atoms with Gasteiger partial charge in [-0.2, -0.15) is 5.26 Å². The van der Waals surface area contributed by atoms with Crippen molar-refractivity contribution in [2.45, 2.75) is 6.54 Å². The van der Waals surface area contributed by atoms with Crippen molar-refractivity contribution in [1.29, 1.82) is 5.26 Å². The molecule has 29 heavy (non-hydrogen) atoms. The number of thiazole rings is 1. The van der Waals surface area contributed by atoms with Gasteiger partial charge in [0.05, 0.1) is 17.1 Å². The maximum Gasteiger partial charge on any atom is 0.269 e. The normalized spacial score (nSPS) is 12.1. The van der Waals surface area contributed by atoms with Crippen LogP contribution in [0.2, 0.25) is 5.02 Å². The molecule has 0 saturated heterocycles. The van der Waals surface area contributed by atoms with Gasteiger partial charge in [0.15, 0.2) is 5.78 Å². The summed E-state index contributed by atoms with van der Waals surface area (Å²) >= 11 is 7.05. The smallest absolute Gasteiger partial charge is 0.269 e. The molecule has 0 saturated carbocycles. The highest BCUT2D eigenvalue weighted by atomic mass is 35.5. The largest absolute Gasteiger partial charge is 0.378 e. The maximum absolute atomic E-state index is 12.9. The molecule has 0 fully saturated rings. The number of halogens is 1. The zero-order chi connectivity index (χ0) is 21.0. The number of carbonyl (C=O) groups is 1. The molecule has 1 heterocycles. The fraction of sp³-hybridized carbons (Fsp3) is 0.136. The molecule has 3 rings (SSSR count). The molecule has 0 atom stereocenters. The number of carbonyl (C=O) groups excluding carboxylic acids is 1. The molecule has 0 aliphatic carbocycles. The van der Waals surface area contributed by atoms with Gasteiger partial charge in [-0.25, -0.2) is 0 Å². The van der Waals surface area contributed by atoms with Crippen LogP contribution in [0.15, 0.2) is 53.3 Å². The van der Waals surface area contributed by atoms with Crippen LogP contribution >= 0.6 is 22.9 Å². The third kappa shape index (κ3) is 4.83. The highest BCUT2D eigenvalue weighted by Crippen LogP contribution is 2.12. The summed E-state index contributed by atoms with van der Waals surface area (Å²) in [4.78, 5) is 27.5. The monoisotopic (exact) mass is 423 g/mol. The van der Waals surface area contributed by atoms with Crippen LogP contribution in [0.4, 0.5) is 5.69 Å². The minimum absolute atomic E-state index is 0.141. The van der Waals surface area contributed by atoms with Gasteiger partial charge in [0, 0.05) is 36.4 Å². The Morgan fingerprint density at radius 2 is 1.83 bits per heavy atom. The second-order valence-electron chi connectivity index (χ2n) is 6.53. The predicted molar refractivity (Wildman–Crippen MR) is 118 cm³/mol. The van der Waals surface area contributed by atoms with E-state index in [1.54, 1.807) is 30.3 Å². The molecule has 7 heteroatoms. The summed E-state index contributed by atoms with van der Waals surface area (Å²) < 4.78 is 2.24. The first-order chi connectivity index (χ1) is 13.9. The van der Waals surface area contributed by atoms with E-state index in [-0.39, 0.29) is 17.9 Å². The molecule has 0 radical (unpaired) electrons. The summed E-state index contributed by atoms with van der Waals surface area (Å²) in [5, 5.41) is 9.60. The zero-order valence-corrected chi connectivity index (χ0v) is 17.5. The Morgan fingerprint density at radius 3 is 2.41 bits per heavy atom. The number of nitriles is 1. The molecule has 0 N–H and O–H groups in total.